The van der Waals surface area contributed by atoms with Crippen LogP contribution in [0.3, 0.4) is 0 Å². The van der Waals surface area contributed by atoms with Crippen LogP contribution in [0.4, 0.5) is 0 Å². The van der Waals surface area contributed by atoms with E-state index in [9.17, 15) is 0 Å². The van der Waals surface area contributed by atoms with Crippen LogP contribution in [-0.2, 0) is 0 Å². The molecule has 0 N–H and O–H groups in total. The van der Waals surface area contributed by atoms with Gasteiger partial charge in [0.25, 0.3) is 0 Å². The molecule has 0 saturated heterocycles. The van der Waals surface area contributed by atoms with Crippen molar-refractivity contribution in [2.24, 2.45) is 0 Å². The first-order valence-corrected chi connectivity index (χ1v) is 4.16. The smallest absolute Gasteiger partial charge is 0.118 e. The molecule has 1 rings (SSSR count). The molecule has 1 aromatic carbocycles. The fourth-order valence-corrected chi connectivity index (χ4v) is 1.08. The van der Waals surface area contributed by atoms with Crippen molar-refractivity contribution in [1.82, 2.24) is 0 Å². The van der Waals surface area contributed by atoms with Crippen molar-refractivity contribution in [2.75, 3.05) is 7.11 Å². The second-order valence-electron chi connectivity index (χ2n) is 2.09. The summed E-state index contributed by atoms with van der Waals surface area (Å²) in [5.41, 5.74) is 1.05. The quantitative estimate of drug-likeness (QED) is 0.515. The van der Waals surface area contributed by atoms with Crippen LogP contribution in [0.25, 0.3) is 0 Å². The predicted octanol–water partition coefficient (Wildman–Crippen LogP) is 2.25. The Balaban J connectivity index is 2.91. The first-order valence-electron chi connectivity index (χ1n) is 3.18. The highest BCUT2D eigenvalue weighted by Crippen LogP contribution is 2.13. The van der Waals surface area contributed by atoms with E-state index in [4.69, 9.17) is 17.0 Å². The van der Waals surface area contributed by atoms with Crippen LogP contribution in [0.5, 0.6) is 5.75 Å². The van der Waals surface area contributed by atoms with E-state index in [1.165, 1.54) is 0 Å². The van der Waals surface area contributed by atoms with Crippen LogP contribution in [0.2, 0.25) is 0 Å². The van der Waals surface area contributed by atoms with Crippen molar-refractivity contribution < 1.29 is 4.74 Å². The topological polar surface area (TPSA) is 9.23 Å². The molecule has 0 aliphatic carbocycles. The highest BCUT2D eigenvalue weighted by atomic mass is 32.1. The molecule has 0 bridgehead atoms. The molecule has 0 heterocycles. The number of methoxy groups -OCH3 is 1. The average molecular weight is 184 g/mol. The molecule has 0 radical (unpaired) electrons. The largest absolute Gasteiger partial charge is 0.497 e. The fraction of sp³-hybridized carbons (Fsp3) is 0.125. The minimum absolute atomic E-state index is 0.827. The second-order valence-corrected chi connectivity index (χ2v) is 3.53. The van der Waals surface area contributed by atoms with E-state index >= 15 is 0 Å². The summed E-state index contributed by atoms with van der Waals surface area (Å²) in [6, 6.07) is 7.67. The molecule has 3 heteroatoms. The normalized spacial score (nSPS) is 9.27. The van der Waals surface area contributed by atoms with Crippen LogP contribution in [0.1, 0.15) is 5.56 Å². The molecule has 0 aliphatic heterocycles. The Morgan fingerprint density at radius 1 is 1.36 bits per heavy atom. The van der Waals surface area contributed by atoms with Crippen molar-refractivity contribution in [3.8, 4) is 5.75 Å². The summed E-state index contributed by atoms with van der Waals surface area (Å²) in [4.78, 5) is 0. The minimum Gasteiger partial charge on any atom is -0.497 e. The summed E-state index contributed by atoms with van der Waals surface area (Å²) < 4.78 is 5.83. The molecular weight excluding hydrogens is 175 g/mol. The van der Waals surface area contributed by atoms with Crippen LogP contribution >= 0.6 is 21.5 Å². The first-order chi connectivity index (χ1) is 5.24. The Morgan fingerprint density at radius 2 is 1.91 bits per heavy atom. The summed E-state index contributed by atoms with van der Waals surface area (Å²) in [6.45, 7) is 0. The molecule has 0 amide bonds. The molecular formula is C8H9OPS. The van der Waals surface area contributed by atoms with Crippen LogP contribution in [0.15, 0.2) is 24.3 Å². The van der Waals surface area contributed by atoms with E-state index in [1.807, 2.05) is 24.3 Å². The second kappa shape index (κ2) is 3.80. The lowest BCUT2D eigenvalue weighted by Gasteiger charge is -2.00. The van der Waals surface area contributed by atoms with Gasteiger partial charge >= 0.3 is 0 Å². The van der Waals surface area contributed by atoms with Gasteiger partial charge in [-0.1, -0.05) is 21.5 Å². The van der Waals surface area contributed by atoms with E-state index in [0.717, 1.165) is 15.9 Å². The number of benzene rings is 1. The summed E-state index contributed by atoms with van der Waals surface area (Å²) in [5, 5.41) is 0. The summed E-state index contributed by atoms with van der Waals surface area (Å²) in [7, 11) is 4.14. The lowest BCUT2D eigenvalue weighted by molar-refractivity contribution is 0.415. The molecule has 0 fully saturated rings. The lowest BCUT2D eigenvalue weighted by atomic mass is 10.2. The highest BCUT2D eigenvalue weighted by molar-refractivity contribution is 7.90. The Bertz CT molecular complexity index is 255. The Labute approximate surface area is 74.0 Å². The van der Waals surface area contributed by atoms with Gasteiger partial charge in [0.1, 0.15) is 5.75 Å². The third-order valence-corrected chi connectivity index (χ3v) is 1.94. The summed E-state index contributed by atoms with van der Waals surface area (Å²) in [6.07, 6.45) is 0. The highest BCUT2D eigenvalue weighted by Gasteiger charge is 1.94. The van der Waals surface area contributed by atoms with Crippen molar-refractivity contribution >= 4 is 26.1 Å². The van der Waals surface area contributed by atoms with E-state index in [-0.39, 0.29) is 0 Å². The maximum atomic E-state index is 5.00. The minimum atomic E-state index is 0.827. The third-order valence-electron chi connectivity index (χ3n) is 1.37. The SMILES string of the molecule is COc1ccc(C(P)=S)cc1. The van der Waals surface area contributed by atoms with E-state index in [1.54, 1.807) is 7.11 Å². The van der Waals surface area contributed by atoms with Crippen LogP contribution < -0.4 is 4.74 Å². The van der Waals surface area contributed by atoms with Gasteiger partial charge in [-0.15, -0.1) is 0 Å². The van der Waals surface area contributed by atoms with Gasteiger partial charge in [-0.2, -0.15) is 0 Å². The van der Waals surface area contributed by atoms with Crippen LogP contribution in [0, 0.1) is 0 Å². The monoisotopic (exact) mass is 184 g/mol. The number of ether oxygens (including phenoxy) is 1. The van der Waals surface area contributed by atoms with Gasteiger partial charge in [0.15, 0.2) is 0 Å². The average Bonchev–Trinajstić information content (AvgIpc) is 2.05. The van der Waals surface area contributed by atoms with Gasteiger partial charge in [0.2, 0.25) is 0 Å². The molecule has 1 aromatic rings. The molecule has 0 spiro atoms. The zero-order chi connectivity index (χ0) is 8.27. The van der Waals surface area contributed by atoms with Crippen LogP contribution in [-0.4, -0.2) is 11.7 Å². The fourth-order valence-electron chi connectivity index (χ4n) is 0.755. The number of hydrogen-bond acceptors (Lipinski definition) is 2. The van der Waals surface area contributed by atoms with E-state index < -0.39 is 0 Å². The number of hydrogen-bond donors (Lipinski definition) is 0. The third kappa shape index (κ3) is 2.25. The molecule has 1 atom stereocenters. The van der Waals surface area contributed by atoms with Crippen molar-refractivity contribution in [3.05, 3.63) is 29.8 Å². The number of thiocarbonyl (C=S) groups is 1. The maximum Gasteiger partial charge on any atom is 0.118 e. The van der Waals surface area contributed by atoms with Crippen molar-refractivity contribution in [2.45, 2.75) is 0 Å². The zero-order valence-electron chi connectivity index (χ0n) is 6.20. The molecule has 0 aromatic heterocycles. The Morgan fingerprint density at radius 3 is 2.27 bits per heavy atom. The molecule has 1 unspecified atom stereocenters. The summed E-state index contributed by atoms with van der Waals surface area (Å²) >= 11 is 4.96. The first kappa shape index (κ1) is 8.63. The maximum absolute atomic E-state index is 5.00. The molecule has 0 saturated carbocycles. The van der Waals surface area contributed by atoms with E-state index in [2.05, 4.69) is 9.24 Å². The van der Waals surface area contributed by atoms with Crippen molar-refractivity contribution in [1.29, 1.82) is 0 Å². The van der Waals surface area contributed by atoms with E-state index in [0.29, 0.717) is 0 Å². The van der Waals surface area contributed by atoms with Gasteiger partial charge < -0.3 is 4.74 Å². The lowest BCUT2D eigenvalue weighted by Crippen LogP contribution is -1.86. The Kier molecular flexibility index (Phi) is 2.98. The van der Waals surface area contributed by atoms with Crippen molar-refractivity contribution in [3.63, 3.8) is 0 Å². The zero-order valence-corrected chi connectivity index (χ0v) is 8.17. The van der Waals surface area contributed by atoms with Gasteiger partial charge in [-0.05, 0) is 29.8 Å². The predicted molar refractivity (Wildman–Crippen MR) is 54.4 cm³/mol. The number of rotatable bonds is 2. The molecule has 1 nitrogen and oxygen atoms in total. The molecule has 0 aliphatic rings. The summed E-state index contributed by atoms with van der Waals surface area (Å²) in [5.74, 6) is 0.856. The van der Waals surface area contributed by atoms with Gasteiger partial charge in [-0.25, -0.2) is 0 Å². The van der Waals surface area contributed by atoms with Gasteiger partial charge in [-0.3, -0.25) is 0 Å². The Hall–Kier alpha value is -0.460. The van der Waals surface area contributed by atoms with Gasteiger partial charge in [0.05, 0.1) is 7.11 Å². The molecule has 11 heavy (non-hydrogen) atoms. The standard InChI is InChI=1S/C8H9OPS/c1-9-7-4-2-6(3-5-7)8(10)11/h2-5H,10H2,1H3. The van der Waals surface area contributed by atoms with Gasteiger partial charge in [0, 0.05) is 4.61 Å². The molecule has 58 valence electrons.